The molecule has 78 valence electrons. The third-order valence-electron chi connectivity index (χ3n) is 2.45. The predicted molar refractivity (Wildman–Crippen MR) is 68.6 cm³/mol. The SMILES string of the molecule is CCc1cc(C)nc2cc(Cl)c(Br)cc12. The topological polar surface area (TPSA) is 12.9 Å². The molecule has 0 saturated carbocycles. The van der Waals surface area contributed by atoms with Gasteiger partial charge in [-0.15, -0.1) is 0 Å². The Morgan fingerprint density at radius 3 is 2.73 bits per heavy atom. The summed E-state index contributed by atoms with van der Waals surface area (Å²) in [4.78, 5) is 4.48. The minimum atomic E-state index is 0.711. The lowest BCUT2D eigenvalue weighted by atomic mass is 10.1. The number of halogens is 2. The average molecular weight is 285 g/mol. The van der Waals surface area contributed by atoms with Gasteiger partial charge in [-0.2, -0.15) is 0 Å². The largest absolute Gasteiger partial charge is 0.253 e. The van der Waals surface area contributed by atoms with Crippen LogP contribution in [0.3, 0.4) is 0 Å². The highest BCUT2D eigenvalue weighted by molar-refractivity contribution is 9.10. The van der Waals surface area contributed by atoms with E-state index < -0.39 is 0 Å². The van der Waals surface area contributed by atoms with Gasteiger partial charge in [-0.25, -0.2) is 0 Å². The van der Waals surface area contributed by atoms with Gasteiger partial charge in [0.15, 0.2) is 0 Å². The maximum absolute atomic E-state index is 6.05. The summed E-state index contributed by atoms with van der Waals surface area (Å²) < 4.78 is 0.928. The Balaban J connectivity index is 2.84. The second kappa shape index (κ2) is 4.11. The minimum absolute atomic E-state index is 0.711. The molecule has 0 atom stereocenters. The van der Waals surface area contributed by atoms with Crippen LogP contribution in [0.5, 0.6) is 0 Å². The highest BCUT2D eigenvalue weighted by Crippen LogP contribution is 2.29. The molecule has 2 aromatic rings. The van der Waals surface area contributed by atoms with Gasteiger partial charge in [0, 0.05) is 15.6 Å². The van der Waals surface area contributed by atoms with Crippen LogP contribution in [-0.2, 0) is 6.42 Å². The predicted octanol–water partition coefficient (Wildman–Crippen LogP) is 4.52. The second-order valence-electron chi connectivity index (χ2n) is 3.56. The third-order valence-corrected chi connectivity index (χ3v) is 3.64. The first-order chi connectivity index (χ1) is 7.11. The first-order valence-corrected chi connectivity index (χ1v) is 6.04. The highest BCUT2D eigenvalue weighted by Gasteiger charge is 2.06. The molecule has 15 heavy (non-hydrogen) atoms. The highest BCUT2D eigenvalue weighted by atomic mass is 79.9. The Kier molecular flexibility index (Phi) is 2.98. The van der Waals surface area contributed by atoms with Crippen molar-refractivity contribution >= 4 is 38.4 Å². The Bertz CT molecular complexity index is 523. The van der Waals surface area contributed by atoms with Crippen LogP contribution >= 0.6 is 27.5 Å². The van der Waals surface area contributed by atoms with Crippen molar-refractivity contribution in [3.05, 3.63) is 39.0 Å². The average Bonchev–Trinajstić information content (AvgIpc) is 2.19. The maximum Gasteiger partial charge on any atom is 0.0723 e. The monoisotopic (exact) mass is 283 g/mol. The summed E-state index contributed by atoms with van der Waals surface area (Å²) in [5.74, 6) is 0. The molecular weight excluding hydrogens is 273 g/mol. The molecule has 1 aromatic heterocycles. The van der Waals surface area contributed by atoms with E-state index in [2.05, 4.69) is 33.9 Å². The third kappa shape index (κ3) is 2.01. The van der Waals surface area contributed by atoms with E-state index in [1.807, 2.05) is 19.1 Å². The van der Waals surface area contributed by atoms with E-state index in [1.165, 1.54) is 10.9 Å². The van der Waals surface area contributed by atoms with Gasteiger partial charge in [0.05, 0.1) is 10.5 Å². The zero-order chi connectivity index (χ0) is 11.0. The lowest BCUT2D eigenvalue weighted by molar-refractivity contribution is 1.12. The molecule has 2 rings (SSSR count). The van der Waals surface area contributed by atoms with Crippen LogP contribution in [0.25, 0.3) is 10.9 Å². The zero-order valence-electron chi connectivity index (χ0n) is 8.64. The van der Waals surface area contributed by atoms with Crippen LogP contribution in [0.15, 0.2) is 22.7 Å². The van der Waals surface area contributed by atoms with Crippen LogP contribution in [0.2, 0.25) is 5.02 Å². The van der Waals surface area contributed by atoms with Gasteiger partial charge in [0.25, 0.3) is 0 Å². The number of hydrogen-bond acceptors (Lipinski definition) is 1. The van der Waals surface area contributed by atoms with E-state index in [0.717, 1.165) is 22.1 Å². The van der Waals surface area contributed by atoms with E-state index in [0.29, 0.717) is 5.02 Å². The molecule has 0 aliphatic heterocycles. The molecule has 1 aromatic carbocycles. The van der Waals surface area contributed by atoms with Crippen LogP contribution in [0, 0.1) is 6.92 Å². The van der Waals surface area contributed by atoms with Crippen molar-refractivity contribution in [1.29, 1.82) is 0 Å². The lowest BCUT2D eigenvalue weighted by Crippen LogP contribution is -1.90. The number of pyridine rings is 1. The lowest BCUT2D eigenvalue weighted by Gasteiger charge is -2.07. The van der Waals surface area contributed by atoms with Crippen LogP contribution < -0.4 is 0 Å². The Hall–Kier alpha value is -0.600. The minimum Gasteiger partial charge on any atom is -0.253 e. The summed E-state index contributed by atoms with van der Waals surface area (Å²) >= 11 is 9.49. The molecular formula is C12H11BrClN. The molecule has 0 bridgehead atoms. The van der Waals surface area contributed by atoms with Crippen molar-refractivity contribution < 1.29 is 0 Å². The normalized spacial score (nSPS) is 10.9. The Labute approximate surface area is 103 Å². The summed E-state index contributed by atoms with van der Waals surface area (Å²) in [6.07, 6.45) is 1.01. The van der Waals surface area contributed by atoms with Gasteiger partial charge < -0.3 is 0 Å². The fraction of sp³-hybridized carbons (Fsp3) is 0.250. The number of aryl methyl sites for hydroxylation is 2. The molecule has 0 aliphatic carbocycles. The van der Waals surface area contributed by atoms with Crippen molar-refractivity contribution in [2.75, 3.05) is 0 Å². The van der Waals surface area contributed by atoms with Gasteiger partial charge in [-0.1, -0.05) is 18.5 Å². The second-order valence-corrected chi connectivity index (χ2v) is 4.82. The fourth-order valence-electron chi connectivity index (χ4n) is 1.73. The number of fused-ring (bicyclic) bond motifs is 1. The summed E-state index contributed by atoms with van der Waals surface area (Å²) in [6.45, 7) is 4.16. The van der Waals surface area contributed by atoms with E-state index in [1.54, 1.807) is 0 Å². The van der Waals surface area contributed by atoms with Crippen LogP contribution in [-0.4, -0.2) is 4.98 Å². The van der Waals surface area contributed by atoms with Gasteiger partial charge >= 0.3 is 0 Å². The summed E-state index contributed by atoms with van der Waals surface area (Å²) in [6, 6.07) is 6.08. The zero-order valence-corrected chi connectivity index (χ0v) is 11.0. The first kappa shape index (κ1) is 10.9. The first-order valence-electron chi connectivity index (χ1n) is 4.87. The van der Waals surface area contributed by atoms with E-state index in [4.69, 9.17) is 11.6 Å². The van der Waals surface area contributed by atoms with Crippen molar-refractivity contribution in [3.63, 3.8) is 0 Å². The van der Waals surface area contributed by atoms with E-state index in [9.17, 15) is 0 Å². The van der Waals surface area contributed by atoms with Gasteiger partial charge in [0.2, 0.25) is 0 Å². The van der Waals surface area contributed by atoms with Crippen LogP contribution in [0.1, 0.15) is 18.2 Å². The van der Waals surface area contributed by atoms with Crippen molar-refractivity contribution in [1.82, 2.24) is 4.98 Å². The summed E-state index contributed by atoms with van der Waals surface area (Å²) in [5.41, 5.74) is 3.33. The number of aromatic nitrogens is 1. The molecule has 3 heteroatoms. The van der Waals surface area contributed by atoms with Crippen LogP contribution in [0.4, 0.5) is 0 Å². The van der Waals surface area contributed by atoms with Gasteiger partial charge in [-0.05, 0) is 53.0 Å². The smallest absolute Gasteiger partial charge is 0.0723 e. The Morgan fingerprint density at radius 1 is 1.33 bits per heavy atom. The molecule has 0 saturated heterocycles. The maximum atomic E-state index is 6.05. The summed E-state index contributed by atoms with van der Waals surface area (Å²) in [5, 5.41) is 1.89. The number of rotatable bonds is 1. The fourth-order valence-corrected chi connectivity index (χ4v) is 2.23. The Morgan fingerprint density at radius 2 is 2.07 bits per heavy atom. The molecule has 0 fully saturated rings. The summed E-state index contributed by atoms with van der Waals surface area (Å²) in [7, 11) is 0. The standard InChI is InChI=1S/C12H11BrClN/c1-3-8-4-7(2)15-12-6-11(14)10(13)5-9(8)12/h4-6H,3H2,1-2H3. The molecule has 1 heterocycles. The van der Waals surface area contributed by atoms with Crippen molar-refractivity contribution in [2.24, 2.45) is 0 Å². The van der Waals surface area contributed by atoms with E-state index in [-0.39, 0.29) is 0 Å². The quantitative estimate of drug-likeness (QED) is 0.750. The molecule has 0 spiro atoms. The molecule has 0 radical (unpaired) electrons. The molecule has 0 N–H and O–H groups in total. The molecule has 0 unspecified atom stereocenters. The molecule has 0 amide bonds. The number of benzene rings is 1. The molecule has 1 nitrogen and oxygen atoms in total. The van der Waals surface area contributed by atoms with Crippen molar-refractivity contribution in [2.45, 2.75) is 20.3 Å². The molecule has 0 aliphatic rings. The number of nitrogens with zero attached hydrogens (tertiary/aromatic N) is 1. The van der Waals surface area contributed by atoms with Crippen molar-refractivity contribution in [3.8, 4) is 0 Å². The van der Waals surface area contributed by atoms with Gasteiger partial charge in [0.1, 0.15) is 0 Å². The number of hydrogen-bond donors (Lipinski definition) is 0. The van der Waals surface area contributed by atoms with Gasteiger partial charge in [-0.3, -0.25) is 4.98 Å². The van der Waals surface area contributed by atoms with E-state index >= 15 is 0 Å².